The van der Waals surface area contributed by atoms with Crippen LogP contribution in [0.15, 0.2) is 41.8 Å². The Labute approximate surface area is 133 Å². The van der Waals surface area contributed by atoms with Crippen LogP contribution < -0.4 is 5.73 Å². The molecule has 0 bridgehead atoms. The summed E-state index contributed by atoms with van der Waals surface area (Å²) >= 11 is 1.65. The molecule has 4 nitrogen and oxygen atoms in total. The molecular formula is C15H17ClN2O2S. The fraction of sp³-hybridized carbons (Fsp3) is 0.267. The number of hydrogen-bond donors (Lipinski definition) is 1. The van der Waals surface area contributed by atoms with Gasteiger partial charge in [0.25, 0.3) is 5.91 Å². The van der Waals surface area contributed by atoms with Gasteiger partial charge in [-0.1, -0.05) is 18.2 Å². The Bertz CT molecular complexity index is 603. The number of thiophene rings is 1. The number of carbonyl (C=O) groups is 1. The van der Waals surface area contributed by atoms with Crippen molar-refractivity contribution in [3.63, 3.8) is 0 Å². The van der Waals surface area contributed by atoms with E-state index in [0.29, 0.717) is 30.9 Å². The van der Waals surface area contributed by atoms with E-state index in [1.165, 1.54) is 0 Å². The molecule has 1 aromatic heterocycles. The standard InChI is InChI=1S/C15H16N2O2S.ClH/c16-12-5-2-1-4-11(12)15(18)17-7-8-19-13(10-17)14-6-3-9-20-14;/h1-6,9,13H,7-8,10,16H2;1H. The summed E-state index contributed by atoms with van der Waals surface area (Å²) < 4.78 is 5.75. The average Bonchev–Trinajstić information content (AvgIpc) is 3.01. The normalized spacial score (nSPS) is 18.1. The lowest BCUT2D eigenvalue weighted by Gasteiger charge is -2.32. The first-order valence-corrected chi connectivity index (χ1v) is 7.42. The van der Waals surface area contributed by atoms with Crippen molar-refractivity contribution in [3.05, 3.63) is 52.2 Å². The molecule has 0 radical (unpaired) electrons. The number of amides is 1. The van der Waals surface area contributed by atoms with E-state index >= 15 is 0 Å². The van der Waals surface area contributed by atoms with Crippen molar-refractivity contribution < 1.29 is 9.53 Å². The molecule has 0 spiro atoms. The SMILES string of the molecule is Cl.Nc1ccccc1C(=O)N1CCOC(c2cccs2)C1. The summed E-state index contributed by atoms with van der Waals surface area (Å²) in [6.45, 7) is 1.74. The van der Waals surface area contributed by atoms with Crippen LogP contribution in [0.2, 0.25) is 0 Å². The zero-order valence-corrected chi connectivity index (χ0v) is 13.0. The molecule has 1 aliphatic heterocycles. The Morgan fingerprint density at radius 1 is 1.29 bits per heavy atom. The molecule has 112 valence electrons. The van der Waals surface area contributed by atoms with Crippen molar-refractivity contribution in [3.8, 4) is 0 Å². The molecule has 1 aliphatic rings. The second kappa shape index (κ2) is 6.93. The summed E-state index contributed by atoms with van der Waals surface area (Å²) in [5.74, 6) is -0.0204. The Balaban J connectivity index is 0.00000161. The number of ether oxygens (including phenoxy) is 1. The molecule has 0 saturated carbocycles. The monoisotopic (exact) mass is 324 g/mol. The number of para-hydroxylation sites is 1. The minimum absolute atomic E-state index is 0. The second-order valence-electron chi connectivity index (χ2n) is 4.71. The Morgan fingerprint density at radius 2 is 2.10 bits per heavy atom. The summed E-state index contributed by atoms with van der Waals surface area (Å²) in [4.78, 5) is 15.5. The minimum Gasteiger partial charge on any atom is -0.398 e. The third kappa shape index (κ3) is 3.37. The van der Waals surface area contributed by atoms with Crippen LogP contribution in [0, 0.1) is 0 Å². The largest absolute Gasteiger partial charge is 0.398 e. The van der Waals surface area contributed by atoms with Gasteiger partial charge < -0.3 is 15.4 Å². The highest BCUT2D eigenvalue weighted by atomic mass is 35.5. The predicted molar refractivity (Wildman–Crippen MR) is 87.0 cm³/mol. The minimum atomic E-state index is -0.0300. The molecule has 1 aromatic carbocycles. The van der Waals surface area contributed by atoms with Crippen molar-refractivity contribution in [2.24, 2.45) is 0 Å². The predicted octanol–water partition coefficient (Wildman–Crippen LogP) is 2.97. The highest BCUT2D eigenvalue weighted by Crippen LogP contribution is 2.27. The lowest BCUT2D eigenvalue weighted by molar-refractivity contribution is -0.0211. The van der Waals surface area contributed by atoms with Crippen LogP contribution in [0.3, 0.4) is 0 Å². The van der Waals surface area contributed by atoms with Gasteiger partial charge in [0.05, 0.1) is 18.7 Å². The highest BCUT2D eigenvalue weighted by Gasteiger charge is 2.27. The van der Waals surface area contributed by atoms with Crippen LogP contribution in [-0.4, -0.2) is 30.5 Å². The number of benzene rings is 1. The molecule has 1 amide bonds. The number of carbonyl (C=O) groups excluding carboxylic acids is 1. The van der Waals surface area contributed by atoms with Crippen LogP contribution in [0.4, 0.5) is 5.69 Å². The first-order chi connectivity index (χ1) is 9.75. The summed E-state index contributed by atoms with van der Waals surface area (Å²) in [6.07, 6.45) is -0.0300. The summed E-state index contributed by atoms with van der Waals surface area (Å²) in [6, 6.07) is 11.2. The van der Waals surface area contributed by atoms with Gasteiger partial charge in [0.15, 0.2) is 0 Å². The molecule has 2 N–H and O–H groups in total. The Hall–Kier alpha value is -1.56. The fourth-order valence-corrected chi connectivity index (χ4v) is 3.11. The quantitative estimate of drug-likeness (QED) is 0.864. The van der Waals surface area contributed by atoms with E-state index < -0.39 is 0 Å². The third-order valence-electron chi connectivity index (χ3n) is 3.41. The third-order valence-corrected chi connectivity index (χ3v) is 4.37. The smallest absolute Gasteiger partial charge is 0.256 e. The van der Waals surface area contributed by atoms with E-state index in [-0.39, 0.29) is 24.4 Å². The molecule has 2 aromatic rings. The van der Waals surface area contributed by atoms with Crippen LogP contribution in [0.5, 0.6) is 0 Å². The molecule has 1 unspecified atom stereocenters. The highest BCUT2D eigenvalue weighted by molar-refractivity contribution is 7.10. The summed E-state index contributed by atoms with van der Waals surface area (Å²) in [7, 11) is 0. The maximum absolute atomic E-state index is 12.5. The van der Waals surface area contributed by atoms with E-state index in [2.05, 4.69) is 0 Å². The number of morpholine rings is 1. The van der Waals surface area contributed by atoms with Crippen molar-refractivity contribution >= 4 is 35.3 Å². The van der Waals surface area contributed by atoms with Crippen molar-refractivity contribution in [1.82, 2.24) is 4.90 Å². The zero-order valence-electron chi connectivity index (χ0n) is 11.4. The van der Waals surface area contributed by atoms with Gasteiger partial charge >= 0.3 is 0 Å². The zero-order chi connectivity index (χ0) is 13.9. The van der Waals surface area contributed by atoms with Crippen LogP contribution in [0.1, 0.15) is 21.3 Å². The average molecular weight is 325 g/mol. The topological polar surface area (TPSA) is 55.6 Å². The molecule has 3 rings (SSSR count). The van der Waals surface area contributed by atoms with Gasteiger partial charge in [-0.2, -0.15) is 0 Å². The Kier molecular flexibility index (Phi) is 5.22. The van der Waals surface area contributed by atoms with E-state index in [9.17, 15) is 4.79 Å². The van der Waals surface area contributed by atoms with Crippen LogP contribution in [0.25, 0.3) is 0 Å². The number of rotatable bonds is 2. The maximum Gasteiger partial charge on any atom is 0.256 e. The van der Waals surface area contributed by atoms with E-state index in [1.807, 2.05) is 34.5 Å². The number of anilines is 1. The first-order valence-electron chi connectivity index (χ1n) is 6.54. The molecule has 1 fully saturated rings. The maximum atomic E-state index is 12.5. The van der Waals surface area contributed by atoms with Crippen molar-refractivity contribution in [2.75, 3.05) is 25.4 Å². The van der Waals surface area contributed by atoms with Gasteiger partial charge in [0, 0.05) is 17.1 Å². The summed E-state index contributed by atoms with van der Waals surface area (Å²) in [5, 5.41) is 2.02. The fourth-order valence-electron chi connectivity index (χ4n) is 2.34. The number of nitrogens with two attached hydrogens (primary N) is 1. The first kappa shape index (κ1) is 15.8. The number of halogens is 1. The summed E-state index contributed by atoms with van der Waals surface area (Å²) in [5.41, 5.74) is 6.97. The van der Waals surface area contributed by atoms with Gasteiger partial charge in [-0.25, -0.2) is 0 Å². The van der Waals surface area contributed by atoms with Gasteiger partial charge in [-0.15, -0.1) is 23.7 Å². The number of nitrogen functional groups attached to an aromatic ring is 1. The van der Waals surface area contributed by atoms with Gasteiger partial charge in [-0.05, 0) is 23.6 Å². The van der Waals surface area contributed by atoms with Gasteiger partial charge in [0.1, 0.15) is 6.10 Å². The van der Waals surface area contributed by atoms with E-state index in [0.717, 1.165) is 4.88 Å². The van der Waals surface area contributed by atoms with Gasteiger partial charge in [-0.3, -0.25) is 4.79 Å². The molecule has 6 heteroatoms. The van der Waals surface area contributed by atoms with Crippen LogP contribution in [-0.2, 0) is 4.74 Å². The van der Waals surface area contributed by atoms with E-state index in [4.69, 9.17) is 10.5 Å². The number of hydrogen-bond acceptors (Lipinski definition) is 4. The van der Waals surface area contributed by atoms with Gasteiger partial charge in [0.2, 0.25) is 0 Å². The molecule has 1 saturated heterocycles. The van der Waals surface area contributed by atoms with Crippen LogP contribution >= 0.6 is 23.7 Å². The van der Waals surface area contributed by atoms with E-state index in [1.54, 1.807) is 23.5 Å². The van der Waals surface area contributed by atoms with Crippen molar-refractivity contribution in [2.45, 2.75) is 6.10 Å². The lowest BCUT2D eigenvalue weighted by atomic mass is 10.1. The lowest BCUT2D eigenvalue weighted by Crippen LogP contribution is -2.42. The van der Waals surface area contributed by atoms with Crippen molar-refractivity contribution in [1.29, 1.82) is 0 Å². The Morgan fingerprint density at radius 3 is 2.81 bits per heavy atom. The second-order valence-corrected chi connectivity index (χ2v) is 5.69. The molecule has 2 heterocycles. The molecule has 21 heavy (non-hydrogen) atoms. The molecule has 0 aliphatic carbocycles. The molecular weight excluding hydrogens is 308 g/mol. The number of nitrogens with zero attached hydrogens (tertiary/aromatic N) is 1. The molecule has 1 atom stereocenters.